The lowest BCUT2D eigenvalue weighted by Gasteiger charge is -2.31. The lowest BCUT2D eigenvalue weighted by molar-refractivity contribution is 0.0902. The van der Waals surface area contributed by atoms with Crippen molar-refractivity contribution in [3.05, 3.63) is 29.8 Å². The van der Waals surface area contributed by atoms with Crippen molar-refractivity contribution in [3.8, 4) is 5.75 Å². The number of rotatable bonds is 7. The van der Waals surface area contributed by atoms with E-state index in [0.717, 1.165) is 18.4 Å². The van der Waals surface area contributed by atoms with E-state index in [0.29, 0.717) is 18.3 Å². The van der Waals surface area contributed by atoms with Crippen molar-refractivity contribution in [2.24, 2.45) is 5.92 Å². The molecule has 1 aromatic carbocycles. The maximum atomic E-state index is 9.60. The number of hydrogen-bond acceptors (Lipinski definition) is 4. The fourth-order valence-corrected chi connectivity index (χ4v) is 2.27. The summed E-state index contributed by atoms with van der Waals surface area (Å²) in [4.78, 5) is 0. The SMILES string of the molecule is CNC(CO)(COc1ccccc1CO)C1CC1. The van der Waals surface area contributed by atoms with Crippen molar-refractivity contribution >= 4 is 0 Å². The van der Waals surface area contributed by atoms with Gasteiger partial charge in [-0.15, -0.1) is 0 Å². The summed E-state index contributed by atoms with van der Waals surface area (Å²) in [5, 5.41) is 22.0. The van der Waals surface area contributed by atoms with Gasteiger partial charge >= 0.3 is 0 Å². The number of aliphatic hydroxyl groups is 2. The minimum Gasteiger partial charge on any atom is -0.491 e. The molecule has 0 saturated heterocycles. The first-order chi connectivity index (χ1) is 8.75. The fraction of sp³-hybridized carbons (Fsp3) is 0.571. The highest BCUT2D eigenvalue weighted by atomic mass is 16.5. The second-order valence-electron chi connectivity index (χ2n) is 4.89. The molecule has 0 heterocycles. The Kier molecular flexibility index (Phi) is 4.22. The van der Waals surface area contributed by atoms with Crippen LogP contribution in [-0.2, 0) is 6.61 Å². The molecule has 4 nitrogen and oxygen atoms in total. The van der Waals surface area contributed by atoms with Crippen LogP contribution < -0.4 is 10.1 Å². The third-order valence-corrected chi connectivity index (χ3v) is 3.77. The molecule has 18 heavy (non-hydrogen) atoms. The maximum Gasteiger partial charge on any atom is 0.124 e. The number of ether oxygens (including phenoxy) is 1. The molecule has 1 fully saturated rings. The Morgan fingerprint density at radius 3 is 2.61 bits per heavy atom. The first-order valence-corrected chi connectivity index (χ1v) is 6.37. The molecular formula is C14H21NO3. The van der Waals surface area contributed by atoms with E-state index in [1.165, 1.54) is 0 Å². The number of hydrogen-bond donors (Lipinski definition) is 3. The van der Waals surface area contributed by atoms with E-state index < -0.39 is 0 Å². The number of benzene rings is 1. The van der Waals surface area contributed by atoms with Gasteiger partial charge in [0, 0.05) is 5.56 Å². The van der Waals surface area contributed by atoms with Crippen molar-refractivity contribution in [3.63, 3.8) is 0 Å². The van der Waals surface area contributed by atoms with Crippen molar-refractivity contribution in [2.75, 3.05) is 20.3 Å². The van der Waals surface area contributed by atoms with Gasteiger partial charge in [-0.1, -0.05) is 18.2 Å². The van der Waals surface area contributed by atoms with Crippen LogP contribution in [0.2, 0.25) is 0 Å². The standard InChI is InChI=1S/C14H21NO3/c1-15-14(9-17,12-6-7-12)10-18-13-5-3-2-4-11(13)8-16/h2-5,12,15-17H,6-10H2,1H3. The van der Waals surface area contributed by atoms with Gasteiger partial charge in [0.1, 0.15) is 12.4 Å². The summed E-state index contributed by atoms with van der Waals surface area (Å²) < 4.78 is 5.79. The summed E-state index contributed by atoms with van der Waals surface area (Å²) in [6, 6.07) is 7.44. The highest BCUT2D eigenvalue weighted by Gasteiger charge is 2.44. The van der Waals surface area contributed by atoms with Crippen molar-refractivity contribution in [1.82, 2.24) is 5.32 Å². The molecule has 4 heteroatoms. The highest BCUT2D eigenvalue weighted by Crippen LogP contribution is 2.39. The first kappa shape index (κ1) is 13.3. The molecule has 0 radical (unpaired) electrons. The normalized spacial score (nSPS) is 18.4. The van der Waals surface area contributed by atoms with Crippen LogP contribution in [0.4, 0.5) is 0 Å². The van der Waals surface area contributed by atoms with Gasteiger partial charge in [0.2, 0.25) is 0 Å². The number of aliphatic hydroxyl groups excluding tert-OH is 2. The predicted octanol–water partition coefficient (Wildman–Crippen LogP) is 0.918. The van der Waals surface area contributed by atoms with Crippen molar-refractivity contribution < 1.29 is 14.9 Å². The fourth-order valence-electron chi connectivity index (χ4n) is 2.27. The number of likely N-dealkylation sites (N-methyl/N-ethyl adjacent to an activating group) is 1. The molecule has 1 aliphatic carbocycles. The summed E-state index contributed by atoms with van der Waals surface area (Å²) >= 11 is 0. The smallest absolute Gasteiger partial charge is 0.124 e. The molecule has 0 bridgehead atoms. The Morgan fingerprint density at radius 1 is 1.33 bits per heavy atom. The minimum absolute atomic E-state index is 0.0364. The largest absolute Gasteiger partial charge is 0.491 e. The van der Waals surface area contributed by atoms with Gasteiger partial charge in [-0.05, 0) is 31.9 Å². The van der Waals surface area contributed by atoms with Crippen LogP contribution >= 0.6 is 0 Å². The van der Waals surface area contributed by atoms with Gasteiger partial charge in [0.15, 0.2) is 0 Å². The lowest BCUT2D eigenvalue weighted by atomic mass is 9.95. The monoisotopic (exact) mass is 251 g/mol. The Labute approximate surface area is 108 Å². The van der Waals surface area contributed by atoms with Crippen molar-refractivity contribution in [2.45, 2.75) is 25.0 Å². The molecular weight excluding hydrogens is 230 g/mol. The van der Waals surface area contributed by atoms with Gasteiger partial charge in [0.25, 0.3) is 0 Å². The van der Waals surface area contributed by atoms with Crippen LogP contribution in [0.1, 0.15) is 18.4 Å². The van der Waals surface area contributed by atoms with Crippen LogP contribution in [-0.4, -0.2) is 36.0 Å². The molecule has 0 amide bonds. The Hall–Kier alpha value is -1.10. The quantitative estimate of drug-likeness (QED) is 0.674. The number of para-hydroxylation sites is 1. The predicted molar refractivity (Wildman–Crippen MR) is 69.5 cm³/mol. The lowest BCUT2D eigenvalue weighted by Crippen LogP contribution is -2.53. The summed E-state index contributed by atoms with van der Waals surface area (Å²) in [5.41, 5.74) is 0.416. The number of nitrogens with one attached hydrogen (secondary N) is 1. The van der Waals surface area contributed by atoms with E-state index in [4.69, 9.17) is 4.74 Å². The van der Waals surface area contributed by atoms with Crippen LogP contribution in [0.3, 0.4) is 0 Å². The van der Waals surface area contributed by atoms with Gasteiger partial charge < -0.3 is 20.3 Å². The van der Waals surface area contributed by atoms with Crippen LogP contribution in [0.15, 0.2) is 24.3 Å². The molecule has 0 aliphatic heterocycles. The molecule has 1 unspecified atom stereocenters. The van der Waals surface area contributed by atoms with E-state index in [2.05, 4.69) is 5.32 Å². The Bertz CT molecular complexity index is 386. The third kappa shape index (κ3) is 2.66. The van der Waals surface area contributed by atoms with E-state index in [1.807, 2.05) is 31.3 Å². The van der Waals surface area contributed by atoms with Crippen LogP contribution in [0, 0.1) is 5.92 Å². The third-order valence-electron chi connectivity index (χ3n) is 3.77. The molecule has 0 spiro atoms. The van der Waals surface area contributed by atoms with E-state index in [1.54, 1.807) is 0 Å². The Morgan fingerprint density at radius 2 is 2.06 bits per heavy atom. The molecule has 0 aromatic heterocycles. The first-order valence-electron chi connectivity index (χ1n) is 6.37. The van der Waals surface area contributed by atoms with Gasteiger partial charge in [0.05, 0.1) is 18.8 Å². The highest BCUT2D eigenvalue weighted by molar-refractivity contribution is 5.32. The van der Waals surface area contributed by atoms with Crippen molar-refractivity contribution in [1.29, 1.82) is 0 Å². The maximum absolute atomic E-state index is 9.60. The minimum atomic E-state index is -0.359. The molecule has 3 N–H and O–H groups in total. The summed E-state index contributed by atoms with van der Waals surface area (Å²) in [7, 11) is 1.86. The van der Waals surface area contributed by atoms with E-state index in [-0.39, 0.29) is 18.8 Å². The van der Waals surface area contributed by atoms with Crippen LogP contribution in [0.25, 0.3) is 0 Å². The average Bonchev–Trinajstić information content (AvgIpc) is 3.26. The molecule has 2 rings (SSSR count). The Balaban J connectivity index is 2.05. The second-order valence-corrected chi connectivity index (χ2v) is 4.89. The van der Waals surface area contributed by atoms with Gasteiger partial charge in [-0.25, -0.2) is 0 Å². The van der Waals surface area contributed by atoms with Gasteiger partial charge in [-0.2, -0.15) is 0 Å². The molecule has 1 atom stereocenters. The second kappa shape index (κ2) is 5.69. The summed E-state index contributed by atoms with van der Waals surface area (Å²) in [6.07, 6.45) is 2.26. The topological polar surface area (TPSA) is 61.7 Å². The van der Waals surface area contributed by atoms with E-state index in [9.17, 15) is 10.2 Å². The van der Waals surface area contributed by atoms with E-state index >= 15 is 0 Å². The molecule has 1 saturated carbocycles. The molecule has 1 aromatic rings. The molecule has 1 aliphatic rings. The molecule has 100 valence electrons. The average molecular weight is 251 g/mol. The van der Waals surface area contributed by atoms with Gasteiger partial charge in [-0.3, -0.25) is 0 Å². The van der Waals surface area contributed by atoms with Crippen LogP contribution in [0.5, 0.6) is 5.75 Å². The zero-order chi connectivity index (χ0) is 13.0. The zero-order valence-corrected chi connectivity index (χ0v) is 10.7. The summed E-state index contributed by atoms with van der Waals surface area (Å²) in [5.74, 6) is 1.17. The summed E-state index contributed by atoms with van der Waals surface area (Å²) in [6.45, 7) is 0.447. The zero-order valence-electron chi connectivity index (χ0n) is 10.7.